The van der Waals surface area contributed by atoms with Crippen LogP contribution in [0, 0.1) is 0 Å². The van der Waals surface area contributed by atoms with Crippen LogP contribution in [-0.2, 0) is 22.6 Å². The molecular formula is C17H22F3N5O3. The number of carbonyl (C=O) groups is 3. The summed E-state index contributed by atoms with van der Waals surface area (Å²) in [7, 11) is 0. The smallest absolute Gasteiger partial charge is 0.339 e. The molecule has 154 valence electrons. The molecule has 28 heavy (non-hydrogen) atoms. The van der Waals surface area contributed by atoms with E-state index in [4.69, 9.17) is 0 Å². The number of rotatable bonds is 3. The molecule has 11 heteroatoms. The summed E-state index contributed by atoms with van der Waals surface area (Å²) in [6.45, 7) is 3.63. The minimum absolute atomic E-state index is 0.0282. The van der Waals surface area contributed by atoms with Gasteiger partial charge in [0.25, 0.3) is 5.91 Å². The number of nitrogens with one attached hydrogen (secondary N) is 1. The van der Waals surface area contributed by atoms with E-state index in [-0.39, 0.29) is 30.6 Å². The molecule has 0 atom stereocenters. The van der Waals surface area contributed by atoms with E-state index < -0.39 is 24.9 Å². The van der Waals surface area contributed by atoms with Crippen molar-refractivity contribution in [3.8, 4) is 0 Å². The molecule has 0 aliphatic carbocycles. The molecule has 0 bridgehead atoms. The summed E-state index contributed by atoms with van der Waals surface area (Å²) < 4.78 is 36.9. The maximum Gasteiger partial charge on any atom is 0.389 e. The Morgan fingerprint density at radius 3 is 2.29 bits per heavy atom. The summed E-state index contributed by atoms with van der Waals surface area (Å²) in [6.07, 6.45) is -5.73. The number of halogens is 3. The van der Waals surface area contributed by atoms with E-state index in [1.807, 2.05) is 0 Å². The second-order valence-corrected chi connectivity index (χ2v) is 7.01. The fourth-order valence-corrected chi connectivity index (χ4v) is 3.49. The van der Waals surface area contributed by atoms with Crippen LogP contribution in [0.1, 0.15) is 41.5 Å². The summed E-state index contributed by atoms with van der Waals surface area (Å²) in [4.78, 5) is 40.8. The van der Waals surface area contributed by atoms with Crippen LogP contribution in [0.3, 0.4) is 0 Å². The lowest BCUT2D eigenvalue weighted by Gasteiger charge is -2.34. The highest BCUT2D eigenvalue weighted by atomic mass is 19.4. The van der Waals surface area contributed by atoms with Crippen molar-refractivity contribution >= 4 is 17.7 Å². The standard InChI is InChI=1S/C17H22F3N5O3/c1-11(26)23-6-8-24(9-7-23)16(28)15-12-3-5-25(10-13(12)21-22-15)14(27)2-4-17(18,19)20/h2-10H2,1H3,(H,21,22). The fourth-order valence-electron chi connectivity index (χ4n) is 3.49. The first kappa shape index (κ1) is 20.2. The van der Waals surface area contributed by atoms with Gasteiger partial charge < -0.3 is 14.7 Å². The molecule has 0 spiro atoms. The van der Waals surface area contributed by atoms with Crippen LogP contribution in [0.2, 0.25) is 0 Å². The minimum atomic E-state index is -4.36. The number of fused-ring (bicyclic) bond motifs is 1. The van der Waals surface area contributed by atoms with Gasteiger partial charge in [0.2, 0.25) is 11.8 Å². The highest BCUT2D eigenvalue weighted by molar-refractivity contribution is 5.94. The SMILES string of the molecule is CC(=O)N1CCN(C(=O)c2n[nH]c3c2CCN(C(=O)CCC(F)(F)F)C3)CC1. The van der Waals surface area contributed by atoms with E-state index >= 15 is 0 Å². The number of aromatic amines is 1. The number of carbonyl (C=O) groups excluding carboxylic acids is 3. The average molecular weight is 401 g/mol. The topological polar surface area (TPSA) is 89.6 Å². The fraction of sp³-hybridized carbons (Fsp3) is 0.647. The van der Waals surface area contributed by atoms with E-state index in [1.165, 1.54) is 11.8 Å². The highest BCUT2D eigenvalue weighted by Gasteiger charge is 2.33. The van der Waals surface area contributed by atoms with Gasteiger partial charge in [0.1, 0.15) is 0 Å². The van der Waals surface area contributed by atoms with Gasteiger partial charge in [0.05, 0.1) is 18.7 Å². The molecule has 0 unspecified atom stereocenters. The molecule has 0 aromatic carbocycles. The van der Waals surface area contributed by atoms with Crippen LogP contribution in [0.15, 0.2) is 0 Å². The average Bonchev–Trinajstić information content (AvgIpc) is 3.08. The Hall–Kier alpha value is -2.59. The lowest BCUT2D eigenvalue weighted by atomic mass is 10.0. The van der Waals surface area contributed by atoms with Crippen molar-refractivity contribution < 1.29 is 27.6 Å². The van der Waals surface area contributed by atoms with E-state index in [1.54, 1.807) is 9.80 Å². The minimum Gasteiger partial charge on any atom is -0.339 e. The molecule has 2 aliphatic heterocycles. The van der Waals surface area contributed by atoms with Crippen molar-refractivity contribution in [1.82, 2.24) is 24.9 Å². The second kappa shape index (κ2) is 7.80. The molecule has 1 fully saturated rings. The van der Waals surface area contributed by atoms with E-state index in [2.05, 4.69) is 10.2 Å². The van der Waals surface area contributed by atoms with E-state index in [9.17, 15) is 27.6 Å². The summed E-state index contributed by atoms with van der Waals surface area (Å²) in [5.41, 5.74) is 1.57. The Morgan fingerprint density at radius 2 is 1.68 bits per heavy atom. The third-order valence-electron chi connectivity index (χ3n) is 5.12. The number of nitrogens with zero attached hydrogens (tertiary/aromatic N) is 4. The lowest BCUT2D eigenvalue weighted by Crippen LogP contribution is -2.50. The molecule has 1 aromatic rings. The molecule has 1 N–H and O–H groups in total. The Balaban J connectivity index is 1.61. The summed E-state index contributed by atoms with van der Waals surface area (Å²) in [6, 6.07) is 0. The Labute approximate surface area is 159 Å². The Bertz CT molecular complexity index is 769. The zero-order chi connectivity index (χ0) is 20.5. The largest absolute Gasteiger partial charge is 0.389 e. The first-order chi connectivity index (χ1) is 13.2. The van der Waals surface area contributed by atoms with E-state index in [0.29, 0.717) is 43.9 Å². The van der Waals surface area contributed by atoms with Crippen molar-refractivity contribution in [2.24, 2.45) is 0 Å². The normalized spacial score (nSPS) is 17.5. The molecule has 2 aliphatic rings. The van der Waals surface area contributed by atoms with Crippen molar-refractivity contribution in [2.75, 3.05) is 32.7 Å². The van der Waals surface area contributed by atoms with Gasteiger partial charge in [-0.15, -0.1) is 0 Å². The Morgan fingerprint density at radius 1 is 1.04 bits per heavy atom. The predicted molar refractivity (Wildman–Crippen MR) is 91.2 cm³/mol. The number of hydrogen-bond acceptors (Lipinski definition) is 4. The van der Waals surface area contributed by atoms with Gasteiger partial charge in [0, 0.05) is 51.6 Å². The first-order valence-electron chi connectivity index (χ1n) is 9.11. The van der Waals surface area contributed by atoms with Crippen molar-refractivity contribution in [2.45, 2.75) is 38.9 Å². The van der Waals surface area contributed by atoms with Gasteiger partial charge in [-0.25, -0.2) is 0 Å². The van der Waals surface area contributed by atoms with Crippen LogP contribution in [0.5, 0.6) is 0 Å². The van der Waals surface area contributed by atoms with Crippen molar-refractivity contribution in [3.05, 3.63) is 17.0 Å². The van der Waals surface area contributed by atoms with Gasteiger partial charge in [-0.1, -0.05) is 0 Å². The predicted octanol–water partition coefficient (Wildman–Crippen LogP) is 0.941. The molecule has 3 amide bonds. The summed E-state index contributed by atoms with van der Waals surface area (Å²) in [5, 5.41) is 6.84. The van der Waals surface area contributed by atoms with Gasteiger partial charge in [-0.05, 0) is 6.42 Å². The maximum atomic E-state index is 12.8. The van der Waals surface area contributed by atoms with Gasteiger partial charge in [-0.3, -0.25) is 19.5 Å². The van der Waals surface area contributed by atoms with Crippen LogP contribution in [0.4, 0.5) is 13.2 Å². The zero-order valence-electron chi connectivity index (χ0n) is 15.5. The zero-order valence-corrected chi connectivity index (χ0v) is 15.5. The summed E-state index contributed by atoms with van der Waals surface area (Å²) >= 11 is 0. The number of alkyl halides is 3. The van der Waals surface area contributed by atoms with Gasteiger partial charge in [-0.2, -0.15) is 18.3 Å². The summed E-state index contributed by atoms with van der Waals surface area (Å²) in [5.74, 6) is -0.831. The van der Waals surface area contributed by atoms with Crippen LogP contribution in [-0.4, -0.2) is 81.5 Å². The van der Waals surface area contributed by atoms with Crippen molar-refractivity contribution in [3.63, 3.8) is 0 Å². The molecule has 1 saturated heterocycles. The molecule has 8 nitrogen and oxygen atoms in total. The first-order valence-corrected chi connectivity index (χ1v) is 9.11. The lowest BCUT2D eigenvalue weighted by molar-refractivity contribution is -0.149. The number of hydrogen-bond donors (Lipinski definition) is 1. The maximum absolute atomic E-state index is 12.8. The molecule has 0 radical (unpaired) electrons. The monoisotopic (exact) mass is 401 g/mol. The van der Waals surface area contributed by atoms with E-state index in [0.717, 1.165) is 0 Å². The van der Waals surface area contributed by atoms with Gasteiger partial charge in [0.15, 0.2) is 5.69 Å². The highest BCUT2D eigenvalue weighted by Crippen LogP contribution is 2.25. The molecular weight excluding hydrogens is 379 g/mol. The van der Waals surface area contributed by atoms with Crippen LogP contribution in [0.25, 0.3) is 0 Å². The third-order valence-corrected chi connectivity index (χ3v) is 5.12. The van der Waals surface area contributed by atoms with Crippen LogP contribution >= 0.6 is 0 Å². The number of aromatic nitrogens is 2. The number of piperazine rings is 1. The van der Waals surface area contributed by atoms with Crippen molar-refractivity contribution in [1.29, 1.82) is 0 Å². The molecule has 3 heterocycles. The third kappa shape index (κ3) is 4.45. The number of H-pyrrole nitrogens is 1. The Kier molecular flexibility index (Phi) is 5.61. The quantitative estimate of drug-likeness (QED) is 0.817. The molecule has 1 aromatic heterocycles. The molecule has 0 saturated carbocycles. The van der Waals surface area contributed by atoms with Gasteiger partial charge >= 0.3 is 6.18 Å². The molecule has 3 rings (SSSR count). The second-order valence-electron chi connectivity index (χ2n) is 7.01. The van der Waals surface area contributed by atoms with Crippen LogP contribution < -0.4 is 0 Å². The number of amides is 3.